The van der Waals surface area contributed by atoms with Gasteiger partial charge in [-0.15, -0.1) is 0 Å². The molecule has 2 heterocycles. The molecule has 0 spiro atoms. The second-order valence-corrected chi connectivity index (χ2v) is 6.16. The van der Waals surface area contributed by atoms with E-state index in [0.29, 0.717) is 32.7 Å². The van der Waals surface area contributed by atoms with Crippen molar-refractivity contribution in [2.45, 2.75) is 19.8 Å². The molecule has 0 aromatic carbocycles. The first-order valence-electron chi connectivity index (χ1n) is 7.40. The maximum absolute atomic E-state index is 12.2. The van der Waals surface area contributed by atoms with Crippen LogP contribution >= 0.6 is 0 Å². The number of nitrogens with zero attached hydrogens (tertiary/aromatic N) is 2. The summed E-state index contributed by atoms with van der Waals surface area (Å²) in [4.78, 5) is 37.9. The highest BCUT2D eigenvalue weighted by Gasteiger charge is 2.36. The summed E-state index contributed by atoms with van der Waals surface area (Å²) >= 11 is 0. The Balaban J connectivity index is 1.76. The molecule has 0 aliphatic carbocycles. The van der Waals surface area contributed by atoms with E-state index in [9.17, 15) is 14.4 Å². The van der Waals surface area contributed by atoms with Gasteiger partial charge in [-0.05, 0) is 18.8 Å². The largest absolute Gasteiger partial charge is 0.481 e. The lowest BCUT2D eigenvalue weighted by molar-refractivity contribution is -0.146. The fourth-order valence-corrected chi connectivity index (χ4v) is 2.98. The van der Waals surface area contributed by atoms with Crippen LogP contribution in [0.1, 0.15) is 19.8 Å². The van der Waals surface area contributed by atoms with E-state index in [2.05, 4.69) is 0 Å². The van der Waals surface area contributed by atoms with Crippen LogP contribution in [0.3, 0.4) is 0 Å². The number of nitrogens with two attached hydrogens (primary N) is 1. The minimum Gasteiger partial charge on any atom is -0.481 e. The molecular formula is C14H23N3O4. The van der Waals surface area contributed by atoms with E-state index in [1.807, 2.05) is 4.90 Å². The van der Waals surface area contributed by atoms with Crippen LogP contribution in [-0.4, -0.2) is 65.4 Å². The highest BCUT2D eigenvalue weighted by atomic mass is 16.4. The van der Waals surface area contributed by atoms with Crippen molar-refractivity contribution in [3.8, 4) is 0 Å². The first kappa shape index (κ1) is 15.8. The summed E-state index contributed by atoms with van der Waals surface area (Å²) in [7, 11) is 0. The number of aliphatic carboxylic acids is 1. The van der Waals surface area contributed by atoms with Crippen LogP contribution in [0.5, 0.6) is 0 Å². The van der Waals surface area contributed by atoms with Gasteiger partial charge in [-0.3, -0.25) is 19.3 Å². The Morgan fingerprint density at radius 1 is 1.29 bits per heavy atom. The zero-order valence-electron chi connectivity index (χ0n) is 12.3. The van der Waals surface area contributed by atoms with Crippen molar-refractivity contribution in [1.29, 1.82) is 0 Å². The Kier molecular flexibility index (Phi) is 4.82. The van der Waals surface area contributed by atoms with E-state index >= 15 is 0 Å². The van der Waals surface area contributed by atoms with E-state index < -0.39 is 5.97 Å². The van der Waals surface area contributed by atoms with Crippen molar-refractivity contribution in [1.82, 2.24) is 9.80 Å². The molecule has 0 aromatic heterocycles. The SMILES string of the molecule is CC(C(=O)O)C1CN(CC(=O)N2CCCC(C(N)=O)C2)C1. The number of primary amides is 1. The molecule has 0 bridgehead atoms. The molecule has 2 fully saturated rings. The van der Waals surface area contributed by atoms with Crippen molar-refractivity contribution in [3.05, 3.63) is 0 Å². The van der Waals surface area contributed by atoms with Gasteiger partial charge in [-0.1, -0.05) is 6.92 Å². The van der Waals surface area contributed by atoms with Gasteiger partial charge in [0.25, 0.3) is 0 Å². The normalized spacial score (nSPS) is 25.2. The number of hydrogen-bond acceptors (Lipinski definition) is 4. The highest BCUT2D eigenvalue weighted by Crippen LogP contribution is 2.24. The number of carbonyl (C=O) groups is 3. The summed E-state index contributed by atoms with van der Waals surface area (Å²) in [6.07, 6.45) is 1.55. The van der Waals surface area contributed by atoms with Crippen LogP contribution in [0.25, 0.3) is 0 Å². The van der Waals surface area contributed by atoms with Crippen LogP contribution in [0.4, 0.5) is 0 Å². The maximum atomic E-state index is 12.2. The highest BCUT2D eigenvalue weighted by molar-refractivity contribution is 5.81. The molecular weight excluding hydrogens is 274 g/mol. The fraction of sp³-hybridized carbons (Fsp3) is 0.786. The van der Waals surface area contributed by atoms with Gasteiger partial charge in [0.1, 0.15) is 0 Å². The maximum Gasteiger partial charge on any atom is 0.306 e. The van der Waals surface area contributed by atoms with E-state index in [-0.39, 0.29) is 29.6 Å². The van der Waals surface area contributed by atoms with Crippen molar-refractivity contribution in [2.24, 2.45) is 23.5 Å². The molecule has 7 heteroatoms. The van der Waals surface area contributed by atoms with Crippen molar-refractivity contribution < 1.29 is 19.5 Å². The van der Waals surface area contributed by atoms with E-state index in [1.165, 1.54) is 0 Å². The number of hydrogen-bond donors (Lipinski definition) is 2. The van der Waals surface area contributed by atoms with E-state index in [4.69, 9.17) is 10.8 Å². The molecule has 0 saturated carbocycles. The quantitative estimate of drug-likeness (QED) is 0.702. The molecule has 3 N–H and O–H groups in total. The summed E-state index contributed by atoms with van der Waals surface area (Å²) in [5, 5.41) is 8.93. The lowest BCUT2D eigenvalue weighted by atomic mass is 9.87. The molecule has 0 radical (unpaired) electrons. The first-order valence-corrected chi connectivity index (χ1v) is 7.40. The molecule has 2 rings (SSSR count). The molecule has 0 aromatic rings. The van der Waals surface area contributed by atoms with Gasteiger partial charge in [0, 0.05) is 26.2 Å². The lowest BCUT2D eigenvalue weighted by Gasteiger charge is -2.42. The Labute approximate surface area is 124 Å². The molecule has 7 nitrogen and oxygen atoms in total. The van der Waals surface area contributed by atoms with Crippen LogP contribution in [0.2, 0.25) is 0 Å². The number of amides is 2. The molecule has 2 unspecified atom stereocenters. The Morgan fingerprint density at radius 2 is 1.95 bits per heavy atom. The third-order valence-corrected chi connectivity index (χ3v) is 4.62. The standard InChI is InChI=1S/C14H23N3O4/c1-9(14(20)21)11-5-16(6-11)8-12(18)17-4-2-3-10(7-17)13(15)19/h9-11H,2-8H2,1H3,(H2,15,19)(H,20,21). The Hall–Kier alpha value is -1.63. The van der Waals surface area contributed by atoms with Crippen molar-refractivity contribution in [2.75, 3.05) is 32.7 Å². The average Bonchev–Trinajstić information content (AvgIpc) is 2.41. The minimum absolute atomic E-state index is 0.00220. The monoisotopic (exact) mass is 297 g/mol. The van der Waals surface area contributed by atoms with Crippen LogP contribution in [0.15, 0.2) is 0 Å². The molecule has 21 heavy (non-hydrogen) atoms. The smallest absolute Gasteiger partial charge is 0.306 e. The predicted octanol–water partition coefficient (Wildman–Crippen LogP) is -0.637. The van der Waals surface area contributed by atoms with Gasteiger partial charge in [0.05, 0.1) is 18.4 Å². The number of carboxylic acids is 1. The first-order chi connectivity index (χ1) is 9.88. The molecule has 2 aliphatic heterocycles. The third kappa shape index (κ3) is 3.72. The van der Waals surface area contributed by atoms with Gasteiger partial charge in [-0.2, -0.15) is 0 Å². The number of likely N-dealkylation sites (tertiary alicyclic amines) is 2. The number of carbonyl (C=O) groups excluding carboxylic acids is 2. The molecule has 2 atom stereocenters. The summed E-state index contributed by atoms with van der Waals surface area (Å²) in [6, 6.07) is 0. The number of carboxylic acid groups (broad SMARTS) is 1. The van der Waals surface area contributed by atoms with Gasteiger partial charge < -0.3 is 15.7 Å². The zero-order valence-corrected chi connectivity index (χ0v) is 12.3. The summed E-state index contributed by atoms with van der Waals surface area (Å²) < 4.78 is 0. The lowest BCUT2D eigenvalue weighted by Crippen LogP contribution is -2.55. The summed E-state index contributed by atoms with van der Waals surface area (Å²) in [6.45, 7) is 4.38. The Morgan fingerprint density at radius 3 is 2.52 bits per heavy atom. The summed E-state index contributed by atoms with van der Waals surface area (Å²) in [5.41, 5.74) is 5.31. The molecule has 2 aliphatic rings. The molecule has 2 saturated heterocycles. The topological polar surface area (TPSA) is 104 Å². The predicted molar refractivity (Wildman–Crippen MR) is 75.2 cm³/mol. The van der Waals surface area contributed by atoms with Gasteiger partial charge in [-0.25, -0.2) is 0 Å². The minimum atomic E-state index is -0.786. The van der Waals surface area contributed by atoms with Gasteiger partial charge in [0.2, 0.25) is 11.8 Å². The fourth-order valence-electron chi connectivity index (χ4n) is 2.98. The van der Waals surface area contributed by atoms with Crippen LogP contribution in [0, 0.1) is 17.8 Å². The van der Waals surface area contributed by atoms with Crippen LogP contribution in [-0.2, 0) is 14.4 Å². The van der Waals surface area contributed by atoms with E-state index in [1.54, 1.807) is 11.8 Å². The second-order valence-electron chi connectivity index (χ2n) is 6.16. The molecule has 2 amide bonds. The number of piperidine rings is 1. The number of rotatable bonds is 5. The molecule has 118 valence electrons. The van der Waals surface area contributed by atoms with Crippen molar-refractivity contribution in [3.63, 3.8) is 0 Å². The van der Waals surface area contributed by atoms with Gasteiger partial charge >= 0.3 is 5.97 Å². The van der Waals surface area contributed by atoms with E-state index in [0.717, 1.165) is 12.8 Å². The van der Waals surface area contributed by atoms with Crippen LogP contribution < -0.4 is 5.73 Å². The van der Waals surface area contributed by atoms with Gasteiger partial charge in [0.15, 0.2) is 0 Å². The Bertz CT molecular complexity index is 434. The third-order valence-electron chi connectivity index (χ3n) is 4.62. The second kappa shape index (κ2) is 6.43. The summed E-state index contributed by atoms with van der Waals surface area (Å²) in [5.74, 6) is -1.61. The van der Waals surface area contributed by atoms with Crippen molar-refractivity contribution >= 4 is 17.8 Å². The zero-order chi connectivity index (χ0) is 15.6. The average molecular weight is 297 g/mol.